The number of aromatic nitrogens is 3. The summed E-state index contributed by atoms with van der Waals surface area (Å²) in [6.45, 7) is 3.15. The van der Waals surface area contributed by atoms with Crippen LogP contribution in [0.1, 0.15) is 12.5 Å². The highest BCUT2D eigenvalue weighted by Gasteiger charge is 2.18. The molecule has 0 bridgehead atoms. The predicted molar refractivity (Wildman–Crippen MR) is 99.8 cm³/mol. The molecular weight excluding hydrogens is 350 g/mol. The van der Waals surface area contributed by atoms with E-state index in [2.05, 4.69) is 33.8 Å². The lowest BCUT2D eigenvalue weighted by atomic mass is 10.2. The van der Waals surface area contributed by atoms with Crippen LogP contribution in [-0.2, 0) is 12.3 Å². The molecule has 0 aliphatic carbocycles. The van der Waals surface area contributed by atoms with E-state index in [4.69, 9.17) is 14.2 Å². The van der Waals surface area contributed by atoms with Crippen molar-refractivity contribution in [3.8, 4) is 28.6 Å². The van der Waals surface area contributed by atoms with Crippen LogP contribution in [0.15, 0.2) is 47.6 Å². The van der Waals surface area contributed by atoms with E-state index in [1.165, 1.54) is 5.56 Å². The molecule has 6 nitrogen and oxygen atoms in total. The molecule has 0 atom stereocenters. The second-order valence-electron chi connectivity index (χ2n) is 5.76. The average molecular weight is 369 g/mol. The molecule has 2 heterocycles. The minimum Gasteiger partial charge on any atom is -0.497 e. The first-order chi connectivity index (χ1) is 12.8. The van der Waals surface area contributed by atoms with Crippen molar-refractivity contribution in [2.45, 2.75) is 24.4 Å². The van der Waals surface area contributed by atoms with Crippen molar-refractivity contribution < 1.29 is 14.2 Å². The topological polar surface area (TPSA) is 58.4 Å². The SMILES string of the molecule is CCn1c(SCc2ccc(OC)cc2)nnc1-c1ccc2c(c1)OCO2. The molecule has 0 saturated heterocycles. The number of thioether (sulfide) groups is 1. The summed E-state index contributed by atoms with van der Waals surface area (Å²) in [6.07, 6.45) is 0. The summed E-state index contributed by atoms with van der Waals surface area (Å²) < 4.78 is 18.2. The van der Waals surface area contributed by atoms with Crippen LogP contribution in [0.5, 0.6) is 17.2 Å². The second kappa shape index (κ2) is 7.29. The first-order valence-corrected chi connectivity index (χ1v) is 9.36. The van der Waals surface area contributed by atoms with Gasteiger partial charge in [0.05, 0.1) is 7.11 Å². The van der Waals surface area contributed by atoms with E-state index < -0.39 is 0 Å². The molecule has 0 fully saturated rings. The van der Waals surface area contributed by atoms with Gasteiger partial charge in [-0.25, -0.2) is 0 Å². The molecular formula is C19H19N3O3S. The molecule has 2 aromatic carbocycles. The fourth-order valence-corrected chi connectivity index (χ4v) is 3.76. The Hall–Kier alpha value is -2.67. The Balaban J connectivity index is 1.54. The first-order valence-electron chi connectivity index (χ1n) is 8.37. The molecule has 0 saturated carbocycles. The van der Waals surface area contributed by atoms with Crippen molar-refractivity contribution in [1.82, 2.24) is 14.8 Å². The molecule has 0 unspecified atom stereocenters. The van der Waals surface area contributed by atoms with Crippen molar-refractivity contribution in [2.24, 2.45) is 0 Å². The largest absolute Gasteiger partial charge is 0.497 e. The molecule has 3 aromatic rings. The van der Waals surface area contributed by atoms with E-state index in [0.29, 0.717) is 0 Å². The van der Waals surface area contributed by atoms with Gasteiger partial charge >= 0.3 is 0 Å². The van der Waals surface area contributed by atoms with Crippen LogP contribution in [0.25, 0.3) is 11.4 Å². The maximum Gasteiger partial charge on any atom is 0.231 e. The van der Waals surface area contributed by atoms with E-state index in [1.54, 1.807) is 18.9 Å². The van der Waals surface area contributed by atoms with Crippen molar-refractivity contribution in [3.63, 3.8) is 0 Å². The van der Waals surface area contributed by atoms with Crippen LogP contribution in [0, 0.1) is 0 Å². The summed E-state index contributed by atoms with van der Waals surface area (Å²) in [4.78, 5) is 0. The smallest absolute Gasteiger partial charge is 0.231 e. The zero-order valence-corrected chi connectivity index (χ0v) is 15.5. The quantitative estimate of drug-likeness (QED) is 0.612. The minimum atomic E-state index is 0.266. The molecule has 0 amide bonds. The van der Waals surface area contributed by atoms with Crippen molar-refractivity contribution in [1.29, 1.82) is 0 Å². The number of ether oxygens (including phenoxy) is 3. The summed E-state index contributed by atoms with van der Waals surface area (Å²) in [5.74, 6) is 4.04. The fourth-order valence-electron chi connectivity index (χ4n) is 2.80. The van der Waals surface area contributed by atoms with Gasteiger partial charge < -0.3 is 18.8 Å². The molecule has 7 heteroatoms. The molecule has 26 heavy (non-hydrogen) atoms. The average Bonchev–Trinajstić information content (AvgIpc) is 3.32. The first kappa shape index (κ1) is 16.8. The van der Waals surface area contributed by atoms with Gasteiger partial charge in [-0.15, -0.1) is 10.2 Å². The third-order valence-corrected chi connectivity index (χ3v) is 5.23. The normalized spacial score (nSPS) is 12.4. The molecule has 1 aliphatic rings. The van der Waals surface area contributed by atoms with Crippen molar-refractivity contribution >= 4 is 11.8 Å². The molecule has 1 aromatic heterocycles. The van der Waals surface area contributed by atoms with Crippen LogP contribution in [-0.4, -0.2) is 28.7 Å². The van der Waals surface area contributed by atoms with Gasteiger partial charge in [-0.1, -0.05) is 23.9 Å². The maximum absolute atomic E-state index is 5.47. The molecule has 4 rings (SSSR count). The van der Waals surface area contributed by atoms with Gasteiger partial charge in [0, 0.05) is 17.9 Å². The lowest BCUT2D eigenvalue weighted by Crippen LogP contribution is -2.00. The Bertz CT molecular complexity index is 909. The molecule has 0 N–H and O–H groups in total. The zero-order valence-electron chi connectivity index (χ0n) is 14.6. The molecule has 0 radical (unpaired) electrons. The van der Waals surface area contributed by atoms with Crippen molar-refractivity contribution in [2.75, 3.05) is 13.9 Å². The molecule has 134 valence electrons. The minimum absolute atomic E-state index is 0.266. The number of hydrogen-bond acceptors (Lipinski definition) is 6. The Kier molecular flexibility index (Phi) is 4.71. The highest BCUT2D eigenvalue weighted by atomic mass is 32.2. The van der Waals surface area contributed by atoms with Gasteiger partial charge in [0.15, 0.2) is 22.5 Å². The Labute approximate surface area is 156 Å². The van der Waals surface area contributed by atoms with Crippen LogP contribution in [0.4, 0.5) is 0 Å². The molecule has 1 aliphatic heterocycles. The Morgan fingerprint density at radius 3 is 2.65 bits per heavy atom. The third-order valence-electron chi connectivity index (χ3n) is 4.19. The highest BCUT2D eigenvalue weighted by molar-refractivity contribution is 7.98. The van der Waals surface area contributed by atoms with Gasteiger partial charge in [0.25, 0.3) is 0 Å². The summed E-state index contributed by atoms with van der Waals surface area (Å²) >= 11 is 1.67. The van der Waals surface area contributed by atoms with Crippen LogP contribution in [0.2, 0.25) is 0 Å². The summed E-state index contributed by atoms with van der Waals surface area (Å²) in [7, 11) is 1.67. The number of benzene rings is 2. The summed E-state index contributed by atoms with van der Waals surface area (Å²) in [6, 6.07) is 13.9. The van der Waals surface area contributed by atoms with Gasteiger partial charge in [-0.05, 0) is 42.8 Å². The van der Waals surface area contributed by atoms with E-state index in [-0.39, 0.29) is 6.79 Å². The number of hydrogen-bond donors (Lipinski definition) is 0. The van der Waals surface area contributed by atoms with E-state index in [1.807, 2.05) is 30.3 Å². The highest BCUT2D eigenvalue weighted by Crippen LogP contribution is 2.36. The predicted octanol–water partition coefficient (Wildman–Crippen LogP) is 3.99. The van der Waals surface area contributed by atoms with Gasteiger partial charge in [-0.2, -0.15) is 0 Å². The third kappa shape index (κ3) is 3.22. The van der Waals surface area contributed by atoms with Gasteiger partial charge in [0.1, 0.15) is 5.75 Å². The molecule has 0 spiro atoms. The van der Waals surface area contributed by atoms with Gasteiger partial charge in [-0.3, -0.25) is 0 Å². The zero-order chi connectivity index (χ0) is 17.9. The van der Waals surface area contributed by atoms with Crippen LogP contribution in [0.3, 0.4) is 0 Å². The van der Waals surface area contributed by atoms with Crippen LogP contribution < -0.4 is 14.2 Å². The number of fused-ring (bicyclic) bond motifs is 1. The van der Waals surface area contributed by atoms with E-state index >= 15 is 0 Å². The summed E-state index contributed by atoms with van der Waals surface area (Å²) in [5.41, 5.74) is 2.19. The maximum atomic E-state index is 5.47. The van der Waals surface area contributed by atoms with E-state index in [9.17, 15) is 0 Å². The monoisotopic (exact) mass is 369 g/mol. The Morgan fingerprint density at radius 2 is 1.88 bits per heavy atom. The second-order valence-corrected chi connectivity index (χ2v) is 6.70. The summed E-state index contributed by atoms with van der Waals surface area (Å²) in [5, 5.41) is 9.68. The lowest BCUT2D eigenvalue weighted by molar-refractivity contribution is 0.174. The number of methoxy groups -OCH3 is 1. The number of nitrogens with zero attached hydrogens (tertiary/aromatic N) is 3. The lowest BCUT2D eigenvalue weighted by Gasteiger charge is -2.08. The van der Waals surface area contributed by atoms with Gasteiger partial charge in [0.2, 0.25) is 6.79 Å². The Morgan fingerprint density at radius 1 is 1.08 bits per heavy atom. The number of rotatable bonds is 6. The fraction of sp³-hybridized carbons (Fsp3) is 0.263. The van der Waals surface area contributed by atoms with Crippen molar-refractivity contribution in [3.05, 3.63) is 48.0 Å². The van der Waals surface area contributed by atoms with Crippen LogP contribution >= 0.6 is 11.8 Å². The van der Waals surface area contributed by atoms with E-state index in [0.717, 1.165) is 46.1 Å². The standard InChI is InChI=1S/C19H19N3O3S/c1-3-22-18(14-6-9-16-17(10-14)25-12-24-16)20-21-19(22)26-11-13-4-7-15(23-2)8-5-13/h4-10H,3,11-12H2,1-2H3.